The SMILES string of the molecule is CCCCOC(=O)C1=C[C@]2(CC)CCCN3CCc4c(n1c1cc(NC(=O)C(F)(F)F)ccc41)[C@@H]32. The van der Waals surface area contributed by atoms with E-state index in [1.54, 1.807) is 6.07 Å². The van der Waals surface area contributed by atoms with Crippen molar-refractivity contribution in [1.82, 2.24) is 9.47 Å². The number of piperidine rings is 1. The molecule has 1 aromatic heterocycles. The van der Waals surface area contributed by atoms with Gasteiger partial charge in [-0.15, -0.1) is 0 Å². The van der Waals surface area contributed by atoms with Crippen molar-refractivity contribution in [1.29, 1.82) is 0 Å². The highest BCUT2D eigenvalue weighted by Gasteiger charge is 2.51. The summed E-state index contributed by atoms with van der Waals surface area (Å²) in [6.45, 7) is 6.36. The molecule has 35 heavy (non-hydrogen) atoms. The predicted molar refractivity (Wildman–Crippen MR) is 127 cm³/mol. The van der Waals surface area contributed by atoms with Gasteiger partial charge in [0.2, 0.25) is 0 Å². The Morgan fingerprint density at radius 2 is 2.03 bits per heavy atom. The molecular weight excluding hydrogens is 459 g/mol. The molecule has 1 saturated heterocycles. The molecule has 3 aliphatic rings. The maximum atomic E-state index is 13.4. The highest BCUT2D eigenvalue weighted by molar-refractivity contribution is 6.13. The Hall–Kier alpha value is -2.81. The van der Waals surface area contributed by atoms with E-state index >= 15 is 0 Å². The van der Waals surface area contributed by atoms with Crippen LogP contribution in [-0.4, -0.2) is 47.2 Å². The Balaban J connectivity index is 1.69. The van der Waals surface area contributed by atoms with E-state index < -0.39 is 18.1 Å². The number of benzene rings is 1. The summed E-state index contributed by atoms with van der Waals surface area (Å²) in [5.74, 6) is -2.44. The molecule has 4 heterocycles. The summed E-state index contributed by atoms with van der Waals surface area (Å²) < 4.78 is 46.1. The molecule has 1 fully saturated rings. The molecule has 1 aromatic carbocycles. The lowest BCUT2D eigenvalue weighted by Gasteiger charge is -2.53. The van der Waals surface area contributed by atoms with Crippen molar-refractivity contribution in [2.24, 2.45) is 5.41 Å². The number of nitrogens with zero attached hydrogens (tertiary/aromatic N) is 2. The standard InChI is InChI=1S/C26H30F3N3O3/c1-3-5-13-35-23(33)20-15-25(4-2)10-6-11-31-12-9-18-17-8-7-16(30-24(34)26(27,28)29)14-19(17)32(20)21(18)22(25)31/h7-8,14-15,22H,3-6,9-13H2,1-2H3,(H,30,34)/t22-,25+/m1/s1. The fourth-order valence-corrected chi connectivity index (χ4v) is 6.14. The first-order valence-corrected chi connectivity index (χ1v) is 12.4. The highest BCUT2D eigenvalue weighted by atomic mass is 19.4. The fraction of sp³-hybridized carbons (Fsp3) is 0.538. The summed E-state index contributed by atoms with van der Waals surface area (Å²) in [7, 11) is 0. The smallest absolute Gasteiger partial charge is 0.461 e. The third kappa shape index (κ3) is 3.84. The number of esters is 1. The van der Waals surface area contributed by atoms with E-state index in [1.807, 2.05) is 16.8 Å². The summed E-state index contributed by atoms with van der Waals surface area (Å²) in [6, 6.07) is 4.89. The molecule has 1 amide bonds. The molecule has 0 saturated carbocycles. The zero-order valence-corrected chi connectivity index (χ0v) is 20.0. The Labute approximate surface area is 202 Å². The number of halogens is 3. The van der Waals surface area contributed by atoms with Crippen LogP contribution in [-0.2, 0) is 20.7 Å². The number of anilines is 1. The number of nitrogens with one attached hydrogen (secondary N) is 1. The molecule has 3 aliphatic heterocycles. The number of amides is 1. The van der Waals surface area contributed by atoms with Crippen molar-refractivity contribution in [3.63, 3.8) is 0 Å². The van der Waals surface area contributed by atoms with Crippen LogP contribution >= 0.6 is 0 Å². The minimum atomic E-state index is -4.99. The topological polar surface area (TPSA) is 63.6 Å². The van der Waals surface area contributed by atoms with Crippen molar-refractivity contribution < 1.29 is 27.5 Å². The minimum Gasteiger partial charge on any atom is -0.461 e. The highest BCUT2D eigenvalue weighted by Crippen LogP contribution is 2.57. The Kier molecular flexibility index (Phi) is 5.94. The van der Waals surface area contributed by atoms with Gasteiger partial charge in [0.15, 0.2) is 0 Å². The number of alkyl halides is 3. The van der Waals surface area contributed by atoms with Gasteiger partial charge in [0, 0.05) is 28.7 Å². The van der Waals surface area contributed by atoms with Gasteiger partial charge in [0.1, 0.15) is 5.70 Å². The van der Waals surface area contributed by atoms with Crippen molar-refractivity contribution in [2.45, 2.75) is 64.6 Å². The van der Waals surface area contributed by atoms with Gasteiger partial charge in [-0.05, 0) is 62.4 Å². The van der Waals surface area contributed by atoms with Crippen LogP contribution in [0.3, 0.4) is 0 Å². The van der Waals surface area contributed by atoms with Crippen molar-refractivity contribution in [3.05, 3.63) is 35.5 Å². The van der Waals surface area contributed by atoms with Gasteiger partial charge in [-0.3, -0.25) is 9.69 Å². The first-order chi connectivity index (χ1) is 16.7. The van der Waals surface area contributed by atoms with Gasteiger partial charge in [-0.1, -0.05) is 26.3 Å². The molecule has 0 bridgehead atoms. The quantitative estimate of drug-likeness (QED) is 0.434. The summed E-state index contributed by atoms with van der Waals surface area (Å²) in [4.78, 5) is 27.4. The molecule has 0 spiro atoms. The Morgan fingerprint density at radius 1 is 1.23 bits per heavy atom. The van der Waals surface area contributed by atoms with Crippen LogP contribution in [0.15, 0.2) is 24.3 Å². The number of fused-ring (bicyclic) bond motifs is 3. The van der Waals surface area contributed by atoms with Crippen molar-refractivity contribution >= 4 is 34.2 Å². The summed E-state index contributed by atoms with van der Waals surface area (Å²) in [5, 5.41) is 2.85. The maximum absolute atomic E-state index is 13.4. The average Bonchev–Trinajstić information content (AvgIpc) is 3.16. The normalized spacial score (nSPS) is 23.6. The summed E-state index contributed by atoms with van der Waals surface area (Å²) in [6.07, 6.45) is 2.39. The number of unbranched alkanes of at least 4 members (excludes halogenated alkanes) is 1. The van der Waals surface area contributed by atoms with E-state index in [0.717, 1.165) is 68.3 Å². The molecule has 5 rings (SSSR count). The lowest BCUT2D eigenvalue weighted by atomic mass is 9.66. The average molecular weight is 490 g/mol. The van der Waals surface area contributed by atoms with Gasteiger partial charge in [0.25, 0.3) is 0 Å². The van der Waals surface area contributed by atoms with Gasteiger partial charge < -0.3 is 14.6 Å². The van der Waals surface area contributed by atoms with Crippen molar-refractivity contribution in [3.8, 4) is 0 Å². The van der Waals surface area contributed by atoms with Crippen LogP contribution in [0.5, 0.6) is 0 Å². The molecule has 9 heteroatoms. The third-order valence-electron chi connectivity index (χ3n) is 7.80. The second kappa shape index (κ2) is 8.69. The molecule has 0 aliphatic carbocycles. The monoisotopic (exact) mass is 489 g/mol. The Bertz CT molecular complexity index is 1220. The fourth-order valence-electron chi connectivity index (χ4n) is 6.14. The van der Waals surface area contributed by atoms with E-state index in [9.17, 15) is 22.8 Å². The molecule has 0 radical (unpaired) electrons. The predicted octanol–water partition coefficient (Wildman–Crippen LogP) is 5.43. The zero-order chi connectivity index (χ0) is 25.0. The van der Waals surface area contributed by atoms with Crippen LogP contribution in [0, 0.1) is 5.41 Å². The molecule has 0 unspecified atom stereocenters. The lowest BCUT2D eigenvalue weighted by Crippen LogP contribution is -2.51. The molecule has 2 atom stereocenters. The molecular formula is C26H30F3N3O3. The summed E-state index contributed by atoms with van der Waals surface area (Å²) >= 11 is 0. The van der Waals surface area contributed by atoms with Gasteiger partial charge in [0.05, 0.1) is 18.2 Å². The first-order valence-electron chi connectivity index (χ1n) is 12.4. The molecule has 2 aromatic rings. The molecule has 1 N–H and O–H groups in total. The minimum absolute atomic E-state index is 0.0393. The van der Waals surface area contributed by atoms with Gasteiger partial charge in [-0.25, -0.2) is 4.79 Å². The number of carbonyl (C=O) groups excluding carboxylic acids is 2. The number of carbonyl (C=O) groups is 2. The van der Waals surface area contributed by atoms with Crippen LogP contribution in [0.1, 0.15) is 63.3 Å². The van der Waals surface area contributed by atoms with E-state index in [4.69, 9.17) is 4.74 Å². The largest absolute Gasteiger partial charge is 0.471 e. The maximum Gasteiger partial charge on any atom is 0.471 e. The zero-order valence-electron chi connectivity index (χ0n) is 20.0. The van der Waals surface area contributed by atoms with Gasteiger partial charge >= 0.3 is 18.1 Å². The van der Waals surface area contributed by atoms with E-state index in [1.165, 1.54) is 12.1 Å². The number of ether oxygens (including phenoxy) is 1. The number of rotatable bonds is 6. The van der Waals surface area contributed by atoms with Crippen LogP contribution in [0.25, 0.3) is 16.6 Å². The number of hydrogen-bond acceptors (Lipinski definition) is 4. The van der Waals surface area contributed by atoms with Crippen LogP contribution < -0.4 is 5.32 Å². The van der Waals surface area contributed by atoms with E-state index in [2.05, 4.69) is 17.9 Å². The third-order valence-corrected chi connectivity index (χ3v) is 7.80. The number of hydrogen-bond donors (Lipinski definition) is 1. The summed E-state index contributed by atoms with van der Waals surface area (Å²) in [5.41, 5.74) is 3.04. The van der Waals surface area contributed by atoms with Gasteiger partial charge in [-0.2, -0.15) is 13.2 Å². The number of aromatic nitrogens is 1. The van der Waals surface area contributed by atoms with Crippen LogP contribution in [0.4, 0.5) is 18.9 Å². The van der Waals surface area contributed by atoms with E-state index in [0.29, 0.717) is 17.8 Å². The first kappa shape index (κ1) is 23.9. The lowest BCUT2D eigenvalue weighted by molar-refractivity contribution is -0.167. The molecule has 188 valence electrons. The second-order valence-corrected chi connectivity index (χ2v) is 9.78. The second-order valence-electron chi connectivity index (χ2n) is 9.78. The van der Waals surface area contributed by atoms with E-state index in [-0.39, 0.29) is 17.1 Å². The van der Waals surface area contributed by atoms with Crippen molar-refractivity contribution in [2.75, 3.05) is 25.0 Å². The van der Waals surface area contributed by atoms with Crippen LogP contribution in [0.2, 0.25) is 0 Å². The Morgan fingerprint density at radius 3 is 2.74 bits per heavy atom. The molecule has 6 nitrogen and oxygen atoms in total.